The van der Waals surface area contributed by atoms with Gasteiger partial charge in [-0.1, -0.05) is 36.7 Å². The molecule has 1 aromatic rings. The molecule has 1 aromatic carbocycles. The summed E-state index contributed by atoms with van der Waals surface area (Å²) in [5, 5.41) is 4.17. The highest BCUT2D eigenvalue weighted by atomic mass is 35.5. The van der Waals surface area contributed by atoms with E-state index in [0.717, 1.165) is 24.7 Å². The summed E-state index contributed by atoms with van der Waals surface area (Å²) in [6, 6.07) is 7.98. The van der Waals surface area contributed by atoms with E-state index in [2.05, 4.69) is 18.3 Å². The monoisotopic (exact) mass is 241 g/mol. The number of hydrogen-bond acceptors (Lipinski definition) is 2. The quantitative estimate of drug-likeness (QED) is 0.792. The second kappa shape index (κ2) is 7.66. The van der Waals surface area contributed by atoms with Crippen molar-refractivity contribution < 1.29 is 4.74 Å². The molecule has 0 saturated carbocycles. The van der Waals surface area contributed by atoms with Crippen LogP contribution in [-0.4, -0.2) is 26.3 Å². The van der Waals surface area contributed by atoms with E-state index in [0.29, 0.717) is 12.5 Å². The van der Waals surface area contributed by atoms with Gasteiger partial charge < -0.3 is 10.1 Å². The molecule has 2 nitrogen and oxygen atoms in total. The Labute approximate surface area is 103 Å². The van der Waals surface area contributed by atoms with Crippen molar-refractivity contribution in [2.24, 2.45) is 0 Å². The SMILES string of the molecule is CCNCC(COCC)c1ccccc1Cl. The molecule has 1 atom stereocenters. The van der Waals surface area contributed by atoms with Crippen molar-refractivity contribution in [3.05, 3.63) is 34.9 Å². The van der Waals surface area contributed by atoms with E-state index < -0.39 is 0 Å². The summed E-state index contributed by atoms with van der Waals surface area (Å²) in [5.74, 6) is 0.327. The molecule has 1 unspecified atom stereocenters. The third-order valence-corrected chi connectivity index (χ3v) is 2.85. The van der Waals surface area contributed by atoms with Gasteiger partial charge in [-0.3, -0.25) is 0 Å². The first-order chi connectivity index (χ1) is 7.79. The average molecular weight is 242 g/mol. The summed E-state index contributed by atoms with van der Waals surface area (Å²) in [4.78, 5) is 0. The molecule has 0 amide bonds. The molecule has 1 N–H and O–H groups in total. The Morgan fingerprint density at radius 3 is 2.69 bits per heavy atom. The molecule has 0 spiro atoms. The molecule has 0 radical (unpaired) electrons. The van der Waals surface area contributed by atoms with Crippen LogP contribution in [0.25, 0.3) is 0 Å². The maximum atomic E-state index is 6.19. The molecule has 0 fully saturated rings. The predicted molar refractivity (Wildman–Crippen MR) is 69.2 cm³/mol. The van der Waals surface area contributed by atoms with E-state index in [1.807, 2.05) is 25.1 Å². The van der Waals surface area contributed by atoms with E-state index in [-0.39, 0.29) is 0 Å². The van der Waals surface area contributed by atoms with E-state index in [9.17, 15) is 0 Å². The molecule has 90 valence electrons. The second-order valence-corrected chi connectivity index (χ2v) is 4.09. The van der Waals surface area contributed by atoms with Crippen LogP contribution in [0.15, 0.2) is 24.3 Å². The van der Waals surface area contributed by atoms with Crippen LogP contribution in [0.2, 0.25) is 5.02 Å². The second-order valence-electron chi connectivity index (χ2n) is 3.69. The van der Waals surface area contributed by atoms with Gasteiger partial charge in [0.1, 0.15) is 0 Å². The largest absolute Gasteiger partial charge is 0.381 e. The number of benzene rings is 1. The minimum Gasteiger partial charge on any atom is -0.381 e. The highest BCUT2D eigenvalue weighted by Gasteiger charge is 2.13. The van der Waals surface area contributed by atoms with Crippen LogP contribution in [0.3, 0.4) is 0 Å². The van der Waals surface area contributed by atoms with Gasteiger partial charge in [0, 0.05) is 24.1 Å². The zero-order valence-electron chi connectivity index (χ0n) is 10.0. The number of ether oxygens (including phenoxy) is 1. The molecule has 0 aliphatic heterocycles. The third kappa shape index (κ3) is 4.12. The van der Waals surface area contributed by atoms with Crippen LogP contribution in [0.5, 0.6) is 0 Å². The fourth-order valence-corrected chi connectivity index (χ4v) is 1.93. The van der Waals surface area contributed by atoms with Crippen molar-refractivity contribution >= 4 is 11.6 Å². The Hall–Kier alpha value is -0.570. The lowest BCUT2D eigenvalue weighted by molar-refractivity contribution is 0.131. The van der Waals surface area contributed by atoms with Gasteiger partial charge in [-0.05, 0) is 25.1 Å². The van der Waals surface area contributed by atoms with Crippen LogP contribution in [-0.2, 0) is 4.74 Å². The molecule has 0 aliphatic carbocycles. The first-order valence-corrected chi connectivity index (χ1v) is 6.20. The minimum absolute atomic E-state index is 0.327. The molecule has 0 aliphatic rings. The van der Waals surface area contributed by atoms with Gasteiger partial charge in [-0.15, -0.1) is 0 Å². The maximum absolute atomic E-state index is 6.19. The normalized spacial score (nSPS) is 12.7. The Kier molecular flexibility index (Phi) is 6.46. The van der Waals surface area contributed by atoms with Crippen LogP contribution in [0.1, 0.15) is 25.3 Å². The Morgan fingerprint density at radius 1 is 1.31 bits per heavy atom. The molecule has 0 bridgehead atoms. The smallest absolute Gasteiger partial charge is 0.0547 e. The minimum atomic E-state index is 0.327. The fraction of sp³-hybridized carbons (Fsp3) is 0.538. The Balaban J connectivity index is 2.70. The van der Waals surface area contributed by atoms with Gasteiger partial charge in [-0.25, -0.2) is 0 Å². The van der Waals surface area contributed by atoms with Crippen LogP contribution < -0.4 is 5.32 Å². The molecular weight excluding hydrogens is 222 g/mol. The van der Waals surface area contributed by atoms with E-state index in [1.165, 1.54) is 5.56 Å². The number of rotatable bonds is 7. The lowest BCUT2D eigenvalue weighted by atomic mass is 10.00. The van der Waals surface area contributed by atoms with Gasteiger partial charge in [0.25, 0.3) is 0 Å². The van der Waals surface area contributed by atoms with E-state index in [4.69, 9.17) is 16.3 Å². The zero-order valence-corrected chi connectivity index (χ0v) is 10.8. The van der Waals surface area contributed by atoms with Gasteiger partial charge in [0.2, 0.25) is 0 Å². The number of nitrogens with one attached hydrogen (secondary N) is 1. The van der Waals surface area contributed by atoms with Crippen molar-refractivity contribution in [1.82, 2.24) is 5.32 Å². The third-order valence-electron chi connectivity index (χ3n) is 2.51. The van der Waals surface area contributed by atoms with Crippen LogP contribution in [0, 0.1) is 0 Å². The molecule has 0 saturated heterocycles. The lowest BCUT2D eigenvalue weighted by Crippen LogP contribution is -2.24. The first-order valence-electron chi connectivity index (χ1n) is 5.82. The van der Waals surface area contributed by atoms with Gasteiger partial charge >= 0.3 is 0 Å². The van der Waals surface area contributed by atoms with Crippen LogP contribution >= 0.6 is 11.6 Å². The average Bonchev–Trinajstić information content (AvgIpc) is 2.31. The fourth-order valence-electron chi connectivity index (χ4n) is 1.64. The van der Waals surface area contributed by atoms with Crippen molar-refractivity contribution in [2.75, 3.05) is 26.3 Å². The summed E-state index contributed by atoms with van der Waals surface area (Å²) in [7, 11) is 0. The molecule has 1 rings (SSSR count). The molecule has 0 heterocycles. The zero-order chi connectivity index (χ0) is 11.8. The first kappa shape index (κ1) is 13.5. The van der Waals surface area contributed by atoms with E-state index in [1.54, 1.807) is 0 Å². The highest BCUT2D eigenvalue weighted by Crippen LogP contribution is 2.24. The predicted octanol–water partition coefficient (Wildman–Crippen LogP) is 3.07. The lowest BCUT2D eigenvalue weighted by Gasteiger charge is -2.18. The molecule has 16 heavy (non-hydrogen) atoms. The summed E-state index contributed by atoms with van der Waals surface area (Å²) in [5.41, 5.74) is 1.17. The highest BCUT2D eigenvalue weighted by molar-refractivity contribution is 6.31. The van der Waals surface area contributed by atoms with Crippen molar-refractivity contribution in [1.29, 1.82) is 0 Å². The molecule has 0 aromatic heterocycles. The van der Waals surface area contributed by atoms with Crippen molar-refractivity contribution in [2.45, 2.75) is 19.8 Å². The standard InChI is InChI=1S/C13H20ClNO/c1-3-15-9-11(10-16-4-2)12-7-5-6-8-13(12)14/h5-8,11,15H,3-4,9-10H2,1-2H3. The summed E-state index contributed by atoms with van der Waals surface area (Å²) in [6.45, 7) is 7.44. The van der Waals surface area contributed by atoms with Crippen LogP contribution in [0.4, 0.5) is 0 Å². The number of halogens is 1. The number of likely N-dealkylation sites (N-methyl/N-ethyl adjacent to an activating group) is 1. The summed E-state index contributed by atoms with van der Waals surface area (Å²) >= 11 is 6.19. The Morgan fingerprint density at radius 2 is 2.06 bits per heavy atom. The van der Waals surface area contributed by atoms with Gasteiger partial charge in [-0.2, -0.15) is 0 Å². The number of hydrogen-bond donors (Lipinski definition) is 1. The Bertz CT molecular complexity index is 296. The van der Waals surface area contributed by atoms with Crippen molar-refractivity contribution in [3.8, 4) is 0 Å². The summed E-state index contributed by atoms with van der Waals surface area (Å²) < 4.78 is 5.50. The molecule has 3 heteroatoms. The molecular formula is C13H20ClNO. The summed E-state index contributed by atoms with van der Waals surface area (Å²) in [6.07, 6.45) is 0. The van der Waals surface area contributed by atoms with Crippen molar-refractivity contribution in [3.63, 3.8) is 0 Å². The van der Waals surface area contributed by atoms with Gasteiger partial charge in [0.15, 0.2) is 0 Å². The van der Waals surface area contributed by atoms with E-state index >= 15 is 0 Å². The maximum Gasteiger partial charge on any atom is 0.0547 e. The van der Waals surface area contributed by atoms with Gasteiger partial charge in [0.05, 0.1) is 6.61 Å². The topological polar surface area (TPSA) is 21.3 Å².